The summed E-state index contributed by atoms with van der Waals surface area (Å²) in [6, 6.07) is 1.45. The molecule has 0 fully saturated rings. The van der Waals surface area contributed by atoms with E-state index in [1.807, 2.05) is 0 Å². The van der Waals surface area contributed by atoms with Crippen molar-refractivity contribution in [2.45, 2.75) is 0 Å². The van der Waals surface area contributed by atoms with E-state index >= 15 is 0 Å². The molecule has 0 nitrogen and oxygen atoms in total. The third-order valence-corrected chi connectivity index (χ3v) is 11.9. The highest BCUT2D eigenvalue weighted by atomic mass is 14.3. The maximum absolute atomic E-state index is 7.30. The lowest BCUT2D eigenvalue weighted by Gasteiger charge is -2.33. The molecule has 0 heterocycles. The molecule has 0 aliphatic rings. The van der Waals surface area contributed by atoms with Crippen molar-refractivity contribution in [2.75, 3.05) is 0 Å². The van der Waals surface area contributed by atoms with Crippen LogP contribution in [0.3, 0.4) is 0 Å². The second kappa shape index (κ2) is 16.5. The lowest BCUT2D eigenvalue weighted by molar-refractivity contribution is 1.74. The van der Waals surface area contributed by atoms with Crippen molar-refractivity contribution in [1.82, 2.24) is 0 Å². The van der Waals surface area contributed by atoms with Crippen LogP contribution >= 0.6 is 0 Å². The van der Waals surface area contributed by atoms with Crippen LogP contribution in [-0.2, 0) is 0 Å². The zero-order valence-corrected chi connectivity index (χ0v) is 33.5. The minimum absolute atomic E-state index is 0.00109. The first kappa shape index (κ1) is 47.6. The fraction of sp³-hybridized carbons (Fsp3) is 0. The van der Waals surface area contributed by atoms with E-state index < -0.39 is 0 Å². The summed E-state index contributed by atoms with van der Waals surface area (Å²) in [5.74, 6) is 0. The van der Waals surface area contributed by atoms with Gasteiger partial charge in [0, 0.05) is 0 Å². The molecule has 0 amide bonds. The molecule has 0 aliphatic carbocycles. The second-order valence-corrected chi connectivity index (χ2v) is 15.1. The van der Waals surface area contributed by atoms with Crippen molar-refractivity contribution in [3.05, 3.63) is 6.07 Å². The second-order valence-electron chi connectivity index (χ2n) is 15.1. The minimum Gasteiger partial charge on any atom is -0.112 e. The fourth-order valence-electron chi connectivity index (χ4n) is 8.24. The Kier molecular flexibility index (Phi) is 12.5. The average Bonchev–Trinajstić information content (AvgIpc) is 3.25. The average molecular weight is 728 g/mol. The normalized spacial score (nSPS) is 11.5. The van der Waals surface area contributed by atoms with Crippen LogP contribution in [0.5, 0.6) is 0 Å². The molecule has 0 aliphatic heterocycles. The molecule has 0 unspecified atom stereocenters. The van der Waals surface area contributed by atoms with E-state index in [1.54, 1.807) is 0 Å². The molecular weight excluding hydrogens is 727 g/mol. The van der Waals surface area contributed by atoms with Crippen LogP contribution in [0.4, 0.5) is 0 Å². The highest BCUT2D eigenvalue weighted by molar-refractivity contribution is 6.76. The van der Waals surface area contributed by atoms with Gasteiger partial charge in [0.1, 0.15) is 196 Å². The van der Waals surface area contributed by atoms with Gasteiger partial charge in [-0.15, -0.1) is 71.0 Å². The highest BCUT2D eigenvalue weighted by Crippen LogP contribution is 2.40. The number of rotatable bonds is 4. The van der Waals surface area contributed by atoms with E-state index in [0.717, 1.165) is 0 Å². The van der Waals surface area contributed by atoms with E-state index in [0.29, 0.717) is 0 Å². The Bertz CT molecular complexity index is 3020. The first-order chi connectivity index (χ1) is 29.3. The van der Waals surface area contributed by atoms with E-state index in [1.165, 1.54) is 6.07 Å². The number of hydrogen-bond acceptors (Lipinski definition) is 0. The Morgan fingerprint density at radius 1 is 0.143 bits per heavy atom. The largest absolute Gasteiger partial charge is 0.115 e. The van der Waals surface area contributed by atoms with E-state index in [-0.39, 0.29) is 203 Å². The molecule has 0 N–H and O–H groups in total. The Morgan fingerprint density at radius 2 is 0.302 bits per heavy atom. The summed E-state index contributed by atoms with van der Waals surface area (Å²) in [4.78, 5) is 0. The first-order valence-corrected chi connectivity index (χ1v) is 18.3. The Balaban J connectivity index is 1.93. The zero-order valence-electron chi connectivity index (χ0n) is 33.5. The van der Waals surface area contributed by atoms with Crippen LogP contribution in [0.1, 0.15) is 0 Å². The topological polar surface area (TPSA) is 0 Å². The summed E-state index contributed by atoms with van der Waals surface area (Å²) in [6.07, 6.45) is 0. The van der Waals surface area contributed by atoms with Crippen LogP contribution < -0.4 is 137 Å². The maximum Gasteiger partial charge on any atom is 0.115 e. The fourth-order valence-corrected chi connectivity index (χ4v) is 8.24. The molecule has 7 rings (SSSR count). The molecule has 25 heteroatoms. The van der Waals surface area contributed by atoms with Gasteiger partial charge in [0.2, 0.25) is 0 Å². The van der Waals surface area contributed by atoms with Gasteiger partial charge in [0.05, 0.1) is 0 Å². The Morgan fingerprint density at radius 3 is 0.524 bits per heavy atom. The third-order valence-electron chi connectivity index (χ3n) is 11.9. The number of fused-ring (bicyclic) bond motifs is 2. The first-order valence-electron chi connectivity index (χ1n) is 18.3. The van der Waals surface area contributed by atoms with Crippen LogP contribution in [-0.4, -0.2) is 196 Å². The smallest absolute Gasteiger partial charge is 0.112 e. The molecule has 0 spiro atoms. The highest BCUT2D eigenvalue weighted by Gasteiger charge is 2.30. The monoisotopic (exact) mass is 732 g/mol. The SMILES string of the molecule is [B]c1c([B])c([B])c(-c2cc(-c3c([B])c([B])c([B])c([B])c3[B])c([B])c(-c3c4c([B])c([B])c([B])c([B])c4c(-c4c([B])c([B])c([B])c([B])c4[B])c4c([B])c([B])c([B])c([B])c34)c2[B])c([B])c1[B]. The summed E-state index contributed by atoms with van der Waals surface area (Å²) >= 11 is 0. The Labute approximate surface area is 402 Å². The number of hydrogen-bond donors (Lipinski definition) is 0. The van der Waals surface area contributed by atoms with Crippen LogP contribution in [0.15, 0.2) is 6.07 Å². The van der Waals surface area contributed by atoms with Crippen molar-refractivity contribution < 1.29 is 0 Å². The molecule has 0 aromatic heterocycles. The van der Waals surface area contributed by atoms with Gasteiger partial charge in [-0.2, -0.15) is 0 Å². The lowest BCUT2D eigenvalue weighted by atomic mass is 9.55. The molecule has 228 valence electrons. The Hall–Kier alpha value is -3.32. The molecule has 7 aromatic carbocycles. The summed E-state index contributed by atoms with van der Waals surface area (Å²) in [5.41, 5.74) is -3.87. The third kappa shape index (κ3) is 6.63. The molecule has 0 saturated heterocycles. The summed E-state index contributed by atoms with van der Waals surface area (Å²) in [5, 5.41) is -0.0176. The summed E-state index contributed by atoms with van der Waals surface area (Å²) < 4.78 is 0. The molecular formula is C38HB25. The van der Waals surface area contributed by atoms with Gasteiger partial charge in [0.25, 0.3) is 0 Å². The van der Waals surface area contributed by atoms with Crippen molar-refractivity contribution >= 4 is 354 Å². The van der Waals surface area contributed by atoms with Crippen molar-refractivity contribution in [2.24, 2.45) is 0 Å². The predicted octanol–water partition coefficient (Wildman–Crippen LogP) is -19.5. The van der Waals surface area contributed by atoms with Crippen LogP contribution in [0.25, 0.3) is 66.1 Å². The van der Waals surface area contributed by atoms with E-state index in [4.69, 9.17) is 196 Å². The van der Waals surface area contributed by atoms with Crippen molar-refractivity contribution in [1.29, 1.82) is 0 Å². The summed E-state index contributed by atoms with van der Waals surface area (Å²) in [7, 11) is 166. The van der Waals surface area contributed by atoms with Gasteiger partial charge in [-0.25, -0.2) is 0 Å². The van der Waals surface area contributed by atoms with Gasteiger partial charge in [0.15, 0.2) is 0 Å². The van der Waals surface area contributed by atoms with E-state index in [9.17, 15) is 0 Å². The van der Waals surface area contributed by atoms with E-state index in [2.05, 4.69) is 0 Å². The standard InChI is InChI=1S/C38HB25/c39-14-2(4-16(41)26(51)36(61)27(52)17(4)42)1-3(5-18(43)28(53)37(62)29(54)19(5)44)15(40)12(14)6-8-10(22(47)32(57)30(55)20(8)45)7(11-9(6)21(46)31(56)33(58)23(11)48)13-24(49)34(59)38(63)35(60)25(13)50/h1H. The zero-order chi connectivity index (χ0) is 47.1. The van der Waals surface area contributed by atoms with Crippen molar-refractivity contribution in [3.63, 3.8) is 0 Å². The molecule has 0 saturated carbocycles. The quantitative estimate of drug-likeness (QED) is 0.125. The van der Waals surface area contributed by atoms with Crippen LogP contribution in [0, 0.1) is 0 Å². The maximum atomic E-state index is 7.30. The molecule has 7 aromatic rings. The van der Waals surface area contributed by atoms with Gasteiger partial charge < -0.3 is 0 Å². The molecule has 0 bridgehead atoms. The lowest BCUT2D eigenvalue weighted by Crippen LogP contribution is -2.56. The molecule has 0 atom stereocenters. The van der Waals surface area contributed by atoms with Gasteiger partial charge in [-0.05, 0) is 72.1 Å². The molecule has 50 radical (unpaired) electrons. The predicted molar refractivity (Wildman–Crippen MR) is 298 cm³/mol. The van der Waals surface area contributed by atoms with Crippen molar-refractivity contribution in [3.8, 4) is 44.5 Å². The number of benzene rings is 7. The van der Waals surface area contributed by atoms with Gasteiger partial charge in [-0.3, -0.25) is 0 Å². The molecule has 63 heavy (non-hydrogen) atoms. The van der Waals surface area contributed by atoms with Gasteiger partial charge in [-0.1, -0.05) is 65.6 Å². The summed E-state index contributed by atoms with van der Waals surface area (Å²) in [6.45, 7) is 0. The minimum atomic E-state index is -0.192. The van der Waals surface area contributed by atoms with Gasteiger partial charge >= 0.3 is 0 Å². The van der Waals surface area contributed by atoms with Crippen LogP contribution in [0.2, 0.25) is 0 Å².